The van der Waals surface area contributed by atoms with Gasteiger partial charge in [0.15, 0.2) is 0 Å². The summed E-state index contributed by atoms with van der Waals surface area (Å²) in [6, 6.07) is 6.72. The van der Waals surface area contributed by atoms with Crippen LogP contribution in [-0.2, 0) is 0 Å². The molecule has 0 aromatic heterocycles. The van der Waals surface area contributed by atoms with E-state index >= 15 is 0 Å². The third-order valence-corrected chi connectivity index (χ3v) is 3.42. The second-order valence-corrected chi connectivity index (χ2v) is 5.18. The maximum Gasteiger partial charge on any atom is 0.123 e. The van der Waals surface area contributed by atoms with Gasteiger partial charge in [-0.2, -0.15) is 12.6 Å². The van der Waals surface area contributed by atoms with Gasteiger partial charge in [-0.05, 0) is 31.6 Å². The topological polar surface area (TPSA) is 12.5 Å². The summed E-state index contributed by atoms with van der Waals surface area (Å²) >= 11 is 4.44. The summed E-state index contributed by atoms with van der Waals surface area (Å²) in [6.45, 7) is 4.41. The van der Waals surface area contributed by atoms with E-state index < -0.39 is 0 Å². The van der Waals surface area contributed by atoms with Crippen LogP contribution in [0.1, 0.15) is 36.9 Å². The molecule has 0 saturated carbocycles. The number of nitrogens with zero attached hydrogens (tertiary/aromatic N) is 1. The van der Waals surface area contributed by atoms with E-state index in [0.717, 1.165) is 11.5 Å². The number of benzene rings is 1. The largest absolute Gasteiger partial charge is 0.496 e. The predicted octanol–water partition coefficient (Wildman–Crippen LogP) is 3.35. The second-order valence-electron chi connectivity index (χ2n) is 4.82. The molecule has 0 radical (unpaired) electrons. The molecule has 1 rings (SSSR count). The van der Waals surface area contributed by atoms with E-state index in [9.17, 15) is 0 Å². The number of hydrogen-bond acceptors (Lipinski definition) is 3. The van der Waals surface area contributed by atoms with Gasteiger partial charge < -0.3 is 9.64 Å². The van der Waals surface area contributed by atoms with E-state index in [1.54, 1.807) is 7.11 Å². The Hall–Kier alpha value is -0.670. The zero-order valence-electron chi connectivity index (χ0n) is 11.4. The molecule has 1 atom stereocenters. The highest BCUT2D eigenvalue weighted by Gasteiger charge is 2.18. The number of thiol groups is 1. The highest BCUT2D eigenvalue weighted by Crippen LogP contribution is 2.31. The Kier molecular flexibility index (Phi) is 5.34. The molecule has 0 bridgehead atoms. The summed E-state index contributed by atoms with van der Waals surface area (Å²) < 4.78 is 5.45. The molecule has 96 valence electrons. The fourth-order valence-corrected chi connectivity index (χ4v) is 2.44. The summed E-state index contributed by atoms with van der Waals surface area (Å²) in [5.74, 6) is 2.26. The average Bonchev–Trinajstić information content (AvgIpc) is 2.29. The lowest BCUT2D eigenvalue weighted by molar-refractivity contribution is 0.312. The SMILES string of the molecule is COc1ccc(C(C)C)cc1C(CS)N(C)C. The van der Waals surface area contributed by atoms with Crippen molar-refractivity contribution < 1.29 is 4.74 Å². The highest BCUT2D eigenvalue weighted by atomic mass is 32.1. The molecule has 0 fully saturated rings. The van der Waals surface area contributed by atoms with Crippen LogP contribution < -0.4 is 4.74 Å². The lowest BCUT2D eigenvalue weighted by Gasteiger charge is -2.25. The molecular formula is C14H23NOS. The van der Waals surface area contributed by atoms with E-state index in [2.05, 4.69) is 63.7 Å². The first-order valence-corrected chi connectivity index (χ1v) is 6.59. The molecule has 0 aliphatic carbocycles. The highest BCUT2D eigenvalue weighted by molar-refractivity contribution is 7.80. The second kappa shape index (κ2) is 6.31. The van der Waals surface area contributed by atoms with Crippen molar-refractivity contribution in [2.45, 2.75) is 25.8 Å². The molecule has 1 unspecified atom stereocenters. The third-order valence-electron chi connectivity index (χ3n) is 3.08. The van der Waals surface area contributed by atoms with Crippen LogP contribution in [0.15, 0.2) is 18.2 Å². The van der Waals surface area contributed by atoms with E-state index in [-0.39, 0.29) is 6.04 Å². The van der Waals surface area contributed by atoms with E-state index in [1.807, 2.05) is 0 Å². The first-order chi connectivity index (χ1) is 8.01. The quantitative estimate of drug-likeness (QED) is 0.808. The summed E-state index contributed by atoms with van der Waals surface area (Å²) in [6.07, 6.45) is 0. The molecule has 0 N–H and O–H groups in total. The van der Waals surface area contributed by atoms with Gasteiger partial charge in [0.1, 0.15) is 5.75 Å². The van der Waals surface area contributed by atoms with Crippen LogP contribution in [0.2, 0.25) is 0 Å². The summed E-state index contributed by atoms with van der Waals surface area (Å²) in [5.41, 5.74) is 2.56. The Bertz CT molecular complexity index is 363. The molecule has 0 aliphatic rings. The fourth-order valence-electron chi connectivity index (χ4n) is 1.91. The maximum atomic E-state index is 5.45. The summed E-state index contributed by atoms with van der Waals surface area (Å²) in [4.78, 5) is 2.18. The van der Waals surface area contributed by atoms with Crippen molar-refractivity contribution in [3.05, 3.63) is 29.3 Å². The Balaban J connectivity index is 3.21. The van der Waals surface area contributed by atoms with Crippen LogP contribution >= 0.6 is 12.6 Å². The Morgan fingerprint density at radius 3 is 2.35 bits per heavy atom. The van der Waals surface area contributed by atoms with E-state index in [0.29, 0.717) is 5.92 Å². The summed E-state index contributed by atoms with van der Waals surface area (Å²) in [7, 11) is 5.86. The zero-order valence-corrected chi connectivity index (χ0v) is 12.3. The lowest BCUT2D eigenvalue weighted by atomic mass is 9.97. The number of hydrogen-bond donors (Lipinski definition) is 1. The molecule has 17 heavy (non-hydrogen) atoms. The summed E-state index contributed by atoms with van der Waals surface area (Å²) in [5, 5.41) is 0. The standard InChI is InChI=1S/C14H23NOS/c1-10(2)11-6-7-14(16-5)12(8-11)13(9-17)15(3)4/h6-8,10,13,17H,9H2,1-5H3. The Labute approximate surface area is 110 Å². The van der Waals surface area contributed by atoms with Gasteiger partial charge in [-0.3, -0.25) is 0 Å². The van der Waals surface area contributed by atoms with E-state index in [1.165, 1.54) is 11.1 Å². The Morgan fingerprint density at radius 2 is 1.94 bits per heavy atom. The molecule has 0 saturated heterocycles. The number of ether oxygens (including phenoxy) is 1. The minimum atomic E-state index is 0.284. The first kappa shape index (κ1) is 14.4. The van der Waals surface area contributed by atoms with Crippen molar-refractivity contribution in [1.29, 1.82) is 0 Å². The van der Waals surface area contributed by atoms with Crippen molar-refractivity contribution >= 4 is 12.6 Å². The van der Waals surface area contributed by atoms with Gasteiger partial charge in [0.25, 0.3) is 0 Å². The van der Waals surface area contributed by atoms with Gasteiger partial charge in [0.2, 0.25) is 0 Å². The molecule has 1 aromatic rings. The van der Waals surface area contributed by atoms with E-state index in [4.69, 9.17) is 4.74 Å². The predicted molar refractivity (Wildman–Crippen MR) is 77.4 cm³/mol. The lowest BCUT2D eigenvalue weighted by Crippen LogP contribution is -2.22. The van der Waals surface area contributed by atoms with Gasteiger partial charge in [-0.1, -0.05) is 26.0 Å². The van der Waals surface area contributed by atoms with Gasteiger partial charge >= 0.3 is 0 Å². The van der Waals surface area contributed by atoms with Crippen molar-refractivity contribution in [2.24, 2.45) is 0 Å². The van der Waals surface area contributed by atoms with Crippen molar-refractivity contribution in [1.82, 2.24) is 4.90 Å². The zero-order chi connectivity index (χ0) is 13.0. The smallest absolute Gasteiger partial charge is 0.123 e. The fraction of sp³-hybridized carbons (Fsp3) is 0.571. The van der Waals surface area contributed by atoms with Gasteiger partial charge in [0, 0.05) is 17.4 Å². The minimum Gasteiger partial charge on any atom is -0.496 e. The molecule has 0 heterocycles. The molecule has 3 heteroatoms. The van der Waals surface area contributed by atoms with Crippen molar-refractivity contribution in [3.8, 4) is 5.75 Å². The molecular weight excluding hydrogens is 230 g/mol. The molecule has 0 spiro atoms. The first-order valence-electron chi connectivity index (χ1n) is 5.96. The van der Waals surface area contributed by atoms with Crippen LogP contribution in [0.5, 0.6) is 5.75 Å². The maximum absolute atomic E-state index is 5.45. The number of methoxy groups -OCH3 is 1. The van der Waals surface area contributed by atoms with Crippen molar-refractivity contribution in [2.75, 3.05) is 27.0 Å². The molecule has 1 aromatic carbocycles. The molecule has 2 nitrogen and oxygen atoms in total. The van der Waals surface area contributed by atoms with Crippen LogP contribution in [0, 0.1) is 0 Å². The van der Waals surface area contributed by atoms with Gasteiger partial charge in [0.05, 0.1) is 7.11 Å². The Morgan fingerprint density at radius 1 is 1.29 bits per heavy atom. The number of rotatable bonds is 5. The third kappa shape index (κ3) is 3.39. The van der Waals surface area contributed by atoms with Crippen LogP contribution in [0.3, 0.4) is 0 Å². The normalized spacial score (nSPS) is 13.2. The van der Waals surface area contributed by atoms with Crippen LogP contribution in [-0.4, -0.2) is 31.9 Å². The average molecular weight is 253 g/mol. The van der Waals surface area contributed by atoms with Gasteiger partial charge in [-0.25, -0.2) is 0 Å². The van der Waals surface area contributed by atoms with Gasteiger partial charge in [-0.15, -0.1) is 0 Å². The molecule has 0 amide bonds. The van der Waals surface area contributed by atoms with Crippen LogP contribution in [0.4, 0.5) is 0 Å². The molecule has 0 aliphatic heterocycles. The van der Waals surface area contributed by atoms with Crippen LogP contribution in [0.25, 0.3) is 0 Å². The van der Waals surface area contributed by atoms with Crippen molar-refractivity contribution in [3.63, 3.8) is 0 Å². The minimum absolute atomic E-state index is 0.284. The monoisotopic (exact) mass is 253 g/mol.